The van der Waals surface area contributed by atoms with E-state index in [2.05, 4.69) is 0 Å². The van der Waals surface area contributed by atoms with Crippen molar-refractivity contribution >= 4 is 21.6 Å². The van der Waals surface area contributed by atoms with Crippen molar-refractivity contribution < 1.29 is 17.9 Å². The number of carbonyl (C=O) groups excluding carboxylic acids is 1. The van der Waals surface area contributed by atoms with Gasteiger partial charge < -0.3 is 9.64 Å². The molecule has 2 heterocycles. The lowest BCUT2D eigenvalue weighted by atomic mass is 10.1. The van der Waals surface area contributed by atoms with Gasteiger partial charge in [0.15, 0.2) is 0 Å². The highest BCUT2D eigenvalue weighted by Gasteiger charge is 2.40. The number of rotatable bonds is 3. The first-order chi connectivity index (χ1) is 11.5. The van der Waals surface area contributed by atoms with Crippen molar-refractivity contribution in [2.24, 2.45) is 5.92 Å². The average molecular weight is 350 g/mol. The molecule has 7 heteroatoms. The standard InChI is InChI=1S/C17H22N2O4S/c1-12-10-14-11-15(24(21,22)18-6-8-23-9-7-18)4-5-16(14)19(12)17(20)13-2-3-13/h4-5,11-13H,2-3,6-10H2,1H3/t12-/m1/s1. The maximum Gasteiger partial charge on any atom is 0.243 e. The lowest BCUT2D eigenvalue weighted by molar-refractivity contribution is -0.120. The van der Waals surface area contributed by atoms with E-state index in [0.29, 0.717) is 37.6 Å². The largest absolute Gasteiger partial charge is 0.379 e. The van der Waals surface area contributed by atoms with E-state index in [4.69, 9.17) is 4.74 Å². The third-order valence-corrected chi connectivity index (χ3v) is 6.93. The predicted molar refractivity (Wildman–Crippen MR) is 89.4 cm³/mol. The molecular formula is C17H22N2O4S. The van der Waals surface area contributed by atoms with E-state index in [1.165, 1.54) is 4.31 Å². The first-order valence-corrected chi connectivity index (χ1v) is 9.96. The molecule has 2 aliphatic heterocycles. The van der Waals surface area contributed by atoms with Crippen LogP contribution in [0.15, 0.2) is 23.1 Å². The van der Waals surface area contributed by atoms with E-state index in [1.54, 1.807) is 18.2 Å². The molecule has 1 amide bonds. The van der Waals surface area contributed by atoms with Gasteiger partial charge in [-0.2, -0.15) is 4.31 Å². The average Bonchev–Trinajstić information content (AvgIpc) is 3.37. The van der Waals surface area contributed by atoms with Crippen molar-refractivity contribution in [2.45, 2.75) is 37.1 Å². The molecule has 24 heavy (non-hydrogen) atoms. The molecule has 3 aliphatic rings. The summed E-state index contributed by atoms with van der Waals surface area (Å²) in [6.07, 6.45) is 2.65. The van der Waals surface area contributed by atoms with E-state index >= 15 is 0 Å². The Morgan fingerprint density at radius 1 is 1.21 bits per heavy atom. The molecule has 4 rings (SSSR count). The summed E-state index contributed by atoms with van der Waals surface area (Å²) in [6.45, 7) is 3.68. The number of sulfonamides is 1. The summed E-state index contributed by atoms with van der Waals surface area (Å²) < 4.78 is 32.3. The lowest BCUT2D eigenvalue weighted by Crippen LogP contribution is -2.40. The Balaban J connectivity index is 1.64. The third kappa shape index (κ3) is 2.64. The monoisotopic (exact) mass is 350 g/mol. The smallest absolute Gasteiger partial charge is 0.243 e. The summed E-state index contributed by atoms with van der Waals surface area (Å²) in [5.41, 5.74) is 1.83. The van der Waals surface area contributed by atoms with Crippen LogP contribution in [0.1, 0.15) is 25.3 Å². The van der Waals surface area contributed by atoms with Gasteiger partial charge in [-0.25, -0.2) is 8.42 Å². The van der Waals surface area contributed by atoms with Gasteiger partial charge in [-0.05, 0) is 49.9 Å². The van der Waals surface area contributed by atoms with Crippen LogP contribution in [0.2, 0.25) is 0 Å². The maximum atomic E-state index is 12.8. The molecule has 0 spiro atoms. The molecule has 0 unspecified atom stereocenters. The van der Waals surface area contributed by atoms with Gasteiger partial charge in [0.2, 0.25) is 15.9 Å². The molecule has 0 radical (unpaired) electrons. The molecule has 0 aromatic heterocycles. The zero-order valence-electron chi connectivity index (χ0n) is 13.8. The number of fused-ring (bicyclic) bond motifs is 1. The minimum absolute atomic E-state index is 0.0921. The highest BCUT2D eigenvalue weighted by atomic mass is 32.2. The molecule has 2 fully saturated rings. The number of hydrogen-bond donors (Lipinski definition) is 0. The summed E-state index contributed by atoms with van der Waals surface area (Å²) in [4.78, 5) is 14.7. The summed E-state index contributed by atoms with van der Waals surface area (Å²) in [5, 5.41) is 0. The zero-order chi connectivity index (χ0) is 16.9. The van der Waals surface area contributed by atoms with Crippen molar-refractivity contribution in [3.63, 3.8) is 0 Å². The minimum Gasteiger partial charge on any atom is -0.379 e. The lowest BCUT2D eigenvalue weighted by Gasteiger charge is -2.26. The van der Waals surface area contributed by atoms with Crippen LogP contribution in [0.25, 0.3) is 0 Å². The van der Waals surface area contributed by atoms with Crippen molar-refractivity contribution in [3.05, 3.63) is 23.8 Å². The summed E-state index contributed by atoms with van der Waals surface area (Å²) >= 11 is 0. The van der Waals surface area contributed by atoms with Crippen LogP contribution in [0.3, 0.4) is 0 Å². The molecule has 1 atom stereocenters. The Morgan fingerprint density at radius 2 is 1.92 bits per heavy atom. The SMILES string of the molecule is C[C@@H]1Cc2cc(S(=O)(=O)N3CCOCC3)ccc2N1C(=O)C1CC1. The molecule has 130 valence electrons. The fourth-order valence-electron chi connectivity index (χ4n) is 3.57. The number of ether oxygens (including phenoxy) is 1. The quantitative estimate of drug-likeness (QED) is 0.826. The summed E-state index contributed by atoms with van der Waals surface area (Å²) in [5.74, 6) is 0.347. The van der Waals surface area contributed by atoms with Crippen LogP contribution in [0, 0.1) is 5.92 Å². The maximum absolute atomic E-state index is 12.8. The van der Waals surface area contributed by atoms with Crippen LogP contribution in [0.5, 0.6) is 0 Å². The summed E-state index contributed by atoms with van der Waals surface area (Å²) in [6, 6.07) is 5.27. The van der Waals surface area contributed by atoms with Gasteiger partial charge in [0.25, 0.3) is 0 Å². The number of morpholine rings is 1. The molecule has 0 N–H and O–H groups in total. The van der Waals surface area contributed by atoms with Crippen molar-refractivity contribution in [2.75, 3.05) is 31.2 Å². The van der Waals surface area contributed by atoms with Gasteiger partial charge in [0.05, 0.1) is 18.1 Å². The fraction of sp³-hybridized carbons (Fsp3) is 0.588. The van der Waals surface area contributed by atoms with Crippen LogP contribution in [-0.2, 0) is 26.0 Å². The zero-order valence-corrected chi connectivity index (χ0v) is 14.6. The van der Waals surface area contributed by atoms with E-state index in [9.17, 15) is 13.2 Å². The van der Waals surface area contributed by atoms with Gasteiger partial charge in [0, 0.05) is 30.7 Å². The fourth-order valence-corrected chi connectivity index (χ4v) is 5.03. The Bertz CT molecular complexity index is 767. The molecule has 1 aromatic carbocycles. The molecular weight excluding hydrogens is 328 g/mol. The van der Waals surface area contributed by atoms with E-state index < -0.39 is 10.0 Å². The summed E-state index contributed by atoms with van der Waals surface area (Å²) in [7, 11) is -3.49. The molecule has 1 aliphatic carbocycles. The number of benzene rings is 1. The van der Waals surface area contributed by atoms with Crippen LogP contribution >= 0.6 is 0 Å². The van der Waals surface area contributed by atoms with Crippen LogP contribution in [-0.4, -0.2) is 51.0 Å². The number of anilines is 1. The van der Waals surface area contributed by atoms with Crippen LogP contribution in [0.4, 0.5) is 5.69 Å². The Kier molecular flexibility index (Phi) is 3.89. The number of nitrogens with zero attached hydrogens (tertiary/aromatic N) is 2. The van der Waals surface area contributed by atoms with Gasteiger partial charge >= 0.3 is 0 Å². The first kappa shape index (κ1) is 16.1. The highest BCUT2D eigenvalue weighted by molar-refractivity contribution is 7.89. The van der Waals surface area contributed by atoms with Crippen LogP contribution < -0.4 is 4.90 Å². The second-order valence-corrected chi connectivity index (χ2v) is 8.78. The van der Waals surface area contributed by atoms with E-state index in [0.717, 1.165) is 24.1 Å². The first-order valence-electron chi connectivity index (χ1n) is 8.52. The molecule has 0 bridgehead atoms. The number of hydrogen-bond acceptors (Lipinski definition) is 4. The number of carbonyl (C=O) groups is 1. The van der Waals surface area contributed by atoms with Gasteiger partial charge in [-0.1, -0.05) is 0 Å². The number of amides is 1. The van der Waals surface area contributed by atoms with Gasteiger partial charge in [0.1, 0.15) is 0 Å². The molecule has 1 saturated heterocycles. The Morgan fingerprint density at radius 3 is 2.58 bits per heavy atom. The third-order valence-electron chi connectivity index (χ3n) is 5.04. The normalized spacial score (nSPS) is 24.9. The second-order valence-electron chi connectivity index (χ2n) is 6.84. The molecule has 1 saturated carbocycles. The van der Waals surface area contributed by atoms with E-state index in [1.807, 2.05) is 11.8 Å². The molecule has 6 nitrogen and oxygen atoms in total. The highest BCUT2D eigenvalue weighted by Crippen LogP contribution is 2.39. The van der Waals surface area contributed by atoms with E-state index in [-0.39, 0.29) is 17.9 Å². The van der Waals surface area contributed by atoms with Gasteiger partial charge in [-0.15, -0.1) is 0 Å². The Hall–Kier alpha value is -1.44. The van der Waals surface area contributed by atoms with Crippen molar-refractivity contribution in [1.82, 2.24) is 4.31 Å². The topological polar surface area (TPSA) is 66.9 Å². The minimum atomic E-state index is -3.49. The van der Waals surface area contributed by atoms with Crippen molar-refractivity contribution in [3.8, 4) is 0 Å². The van der Waals surface area contributed by atoms with Gasteiger partial charge in [-0.3, -0.25) is 4.79 Å². The van der Waals surface area contributed by atoms with Crippen molar-refractivity contribution in [1.29, 1.82) is 0 Å². The predicted octanol–water partition coefficient (Wildman–Crippen LogP) is 1.40. The Labute approximate surface area is 142 Å². The second kappa shape index (κ2) is 5.82. The molecule has 1 aromatic rings.